The summed E-state index contributed by atoms with van der Waals surface area (Å²) in [6.45, 7) is 4.41. The normalized spacial score (nSPS) is 19.3. The Morgan fingerprint density at radius 2 is 1.62 bits per heavy atom. The second kappa shape index (κ2) is 6.90. The van der Waals surface area contributed by atoms with Gasteiger partial charge in [-0.25, -0.2) is 4.98 Å². The molecular formula is C21H23N3O2. The Morgan fingerprint density at radius 3 is 2.38 bits per heavy atom. The first kappa shape index (κ1) is 16.8. The summed E-state index contributed by atoms with van der Waals surface area (Å²) >= 11 is 0. The minimum atomic E-state index is -0.138. The summed E-state index contributed by atoms with van der Waals surface area (Å²) in [5, 5.41) is 0. The molecule has 0 unspecified atom stereocenters. The van der Waals surface area contributed by atoms with Crippen molar-refractivity contribution in [2.24, 2.45) is 0 Å². The number of carbonyl (C=O) groups is 2. The highest BCUT2D eigenvalue weighted by Gasteiger charge is 2.28. The fourth-order valence-corrected chi connectivity index (χ4v) is 3.85. The number of amides is 2. The van der Waals surface area contributed by atoms with E-state index in [0.717, 1.165) is 38.0 Å². The van der Waals surface area contributed by atoms with Crippen LogP contribution in [0.25, 0.3) is 0 Å². The molecule has 2 aromatic rings. The first-order chi connectivity index (χ1) is 12.6. The van der Waals surface area contributed by atoms with Gasteiger partial charge < -0.3 is 9.80 Å². The molecule has 1 atom stereocenters. The summed E-state index contributed by atoms with van der Waals surface area (Å²) in [5.41, 5.74) is 2.83. The predicted octanol–water partition coefficient (Wildman–Crippen LogP) is 3.47. The minimum absolute atomic E-state index is 0.0789. The number of fused-ring (bicyclic) bond motifs is 1. The van der Waals surface area contributed by atoms with E-state index >= 15 is 0 Å². The monoisotopic (exact) mass is 349 g/mol. The lowest BCUT2D eigenvalue weighted by Crippen LogP contribution is -2.37. The molecule has 5 nitrogen and oxygen atoms in total. The molecule has 2 amide bonds. The summed E-state index contributed by atoms with van der Waals surface area (Å²) in [6, 6.07) is 13.2. The molecule has 26 heavy (non-hydrogen) atoms. The lowest BCUT2D eigenvalue weighted by atomic mass is 9.91. The lowest BCUT2D eigenvalue weighted by Gasteiger charge is -2.32. The highest BCUT2D eigenvalue weighted by atomic mass is 16.2. The number of para-hydroxylation sites is 1. The number of nitrogens with zero attached hydrogens (tertiary/aromatic N) is 3. The minimum Gasteiger partial charge on any atom is -0.337 e. The molecule has 5 heteroatoms. The second-order valence-corrected chi connectivity index (χ2v) is 7.11. The van der Waals surface area contributed by atoms with Gasteiger partial charge in [0.2, 0.25) is 0 Å². The lowest BCUT2D eigenvalue weighted by molar-refractivity contribution is 0.0787. The van der Waals surface area contributed by atoms with Crippen LogP contribution in [0, 0.1) is 0 Å². The summed E-state index contributed by atoms with van der Waals surface area (Å²) in [4.78, 5) is 33.7. The van der Waals surface area contributed by atoms with Crippen LogP contribution in [0.3, 0.4) is 0 Å². The molecule has 0 bridgehead atoms. The van der Waals surface area contributed by atoms with Gasteiger partial charge in [0.05, 0.1) is 0 Å². The van der Waals surface area contributed by atoms with E-state index in [4.69, 9.17) is 0 Å². The average Bonchev–Trinajstić information content (AvgIpc) is 3.22. The van der Waals surface area contributed by atoms with Crippen LogP contribution in [0.2, 0.25) is 0 Å². The van der Waals surface area contributed by atoms with E-state index in [2.05, 4.69) is 18.0 Å². The van der Waals surface area contributed by atoms with Gasteiger partial charge in [-0.15, -0.1) is 0 Å². The van der Waals surface area contributed by atoms with Gasteiger partial charge in [0.15, 0.2) is 0 Å². The Hall–Kier alpha value is -2.69. The number of pyridine rings is 1. The van der Waals surface area contributed by atoms with E-state index in [1.54, 1.807) is 23.1 Å². The molecule has 134 valence electrons. The maximum Gasteiger partial charge on any atom is 0.276 e. The smallest absolute Gasteiger partial charge is 0.276 e. The summed E-state index contributed by atoms with van der Waals surface area (Å²) in [7, 11) is 0. The van der Waals surface area contributed by atoms with Gasteiger partial charge in [-0.2, -0.15) is 0 Å². The zero-order valence-electron chi connectivity index (χ0n) is 15.0. The Kier molecular flexibility index (Phi) is 4.45. The van der Waals surface area contributed by atoms with Crippen molar-refractivity contribution < 1.29 is 9.59 Å². The first-order valence-corrected chi connectivity index (χ1v) is 9.32. The van der Waals surface area contributed by atoms with Crippen LogP contribution < -0.4 is 4.90 Å². The number of anilines is 1. The van der Waals surface area contributed by atoms with Crippen molar-refractivity contribution in [2.45, 2.75) is 32.1 Å². The fraction of sp³-hybridized carbons (Fsp3) is 0.381. The van der Waals surface area contributed by atoms with Gasteiger partial charge in [0.25, 0.3) is 11.8 Å². The molecule has 1 aromatic carbocycles. The number of likely N-dealkylation sites (tertiary alicyclic amines) is 1. The van der Waals surface area contributed by atoms with Gasteiger partial charge in [-0.1, -0.05) is 31.2 Å². The van der Waals surface area contributed by atoms with Crippen LogP contribution in [0.4, 0.5) is 5.69 Å². The van der Waals surface area contributed by atoms with Crippen molar-refractivity contribution in [3.8, 4) is 0 Å². The van der Waals surface area contributed by atoms with E-state index in [0.29, 0.717) is 23.9 Å². The van der Waals surface area contributed by atoms with E-state index in [1.807, 2.05) is 23.1 Å². The largest absolute Gasteiger partial charge is 0.337 e. The Balaban J connectivity index is 1.62. The first-order valence-electron chi connectivity index (χ1n) is 9.32. The van der Waals surface area contributed by atoms with E-state index in [9.17, 15) is 9.59 Å². The Morgan fingerprint density at radius 1 is 0.923 bits per heavy atom. The topological polar surface area (TPSA) is 53.5 Å². The van der Waals surface area contributed by atoms with Crippen LogP contribution in [0.5, 0.6) is 0 Å². The second-order valence-electron chi connectivity index (χ2n) is 7.11. The quantitative estimate of drug-likeness (QED) is 0.834. The maximum atomic E-state index is 13.1. The molecular weight excluding hydrogens is 326 g/mol. The van der Waals surface area contributed by atoms with Crippen LogP contribution in [-0.4, -0.2) is 41.3 Å². The van der Waals surface area contributed by atoms with Crippen molar-refractivity contribution >= 4 is 17.5 Å². The molecule has 0 spiro atoms. The molecule has 0 aliphatic carbocycles. The van der Waals surface area contributed by atoms with Crippen LogP contribution in [0.15, 0.2) is 42.5 Å². The highest BCUT2D eigenvalue weighted by Crippen LogP contribution is 2.35. The van der Waals surface area contributed by atoms with E-state index in [1.165, 1.54) is 5.56 Å². The van der Waals surface area contributed by atoms with Crippen molar-refractivity contribution in [1.82, 2.24) is 9.88 Å². The fourth-order valence-electron chi connectivity index (χ4n) is 3.85. The Labute approximate surface area is 153 Å². The molecule has 0 saturated carbocycles. The third-order valence-corrected chi connectivity index (χ3v) is 5.37. The molecule has 1 saturated heterocycles. The highest BCUT2D eigenvalue weighted by molar-refractivity contribution is 6.06. The standard InChI is InChI=1S/C21H23N3O2/c1-15-11-14-24(19-10-3-2-7-16(15)19)21(26)18-9-6-8-17(22-18)20(25)23-12-4-5-13-23/h2-3,6-10,15H,4-5,11-14H2,1H3/t15-/m1/s1. The Bertz CT molecular complexity index is 843. The van der Waals surface area contributed by atoms with Crippen molar-refractivity contribution in [3.63, 3.8) is 0 Å². The third-order valence-electron chi connectivity index (χ3n) is 5.37. The summed E-state index contributed by atoms with van der Waals surface area (Å²) in [6.07, 6.45) is 3.00. The van der Waals surface area contributed by atoms with E-state index < -0.39 is 0 Å². The van der Waals surface area contributed by atoms with Crippen LogP contribution >= 0.6 is 0 Å². The zero-order chi connectivity index (χ0) is 18.1. The maximum absolute atomic E-state index is 13.1. The number of hydrogen-bond donors (Lipinski definition) is 0. The number of carbonyl (C=O) groups excluding carboxylic acids is 2. The van der Waals surface area contributed by atoms with E-state index in [-0.39, 0.29) is 11.8 Å². The van der Waals surface area contributed by atoms with Crippen molar-refractivity contribution in [2.75, 3.05) is 24.5 Å². The zero-order valence-corrected chi connectivity index (χ0v) is 15.0. The van der Waals surface area contributed by atoms with Gasteiger partial charge in [-0.05, 0) is 48.9 Å². The van der Waals surface area contributed by atoms with Crippen molar-refractivity contribution in [1.29, 1.82) is 0 Å². The van der Waals surface area contributed by atoms with Crippen LogP contribution in [-0.2, 0) is 0 Å². The average molecular weight is 349 g/mol. The summed E-state index contributed by atoms with van der Waals surface area (Å²) < 4.78 is 0. The molecule has 3 heterocycles. The van der Waals surface area contributed by atoms with Crippen molar-refractivity contribution in [3.05, 3.63) is 59.4 Å². The molecule has 0 radical (unpaired) electrons. The SMILES string of the molecule is C[C@@H]1CCN(C(=O)c2cccc(C(=O)N3CCCC3)n2)c2ccccc21. The molecule has 2 aliphatic rings. The molecule has 0 N–H and O–H groups in total. The number of benzene rings is 1. The van der Waals surface area contributed by atoms with Gasteiger partial charge in [-0.3, -0.25) is 9.59 Å². The van der Waals surface area contributed by atoms with Crippen LogP contribution in [0.1, 0.15) is 58.6 Å². The molecule has 1 aromatic heterocycles. The number of aromatic nitrogens is 1. The number of hydrogen-bond acceptors (Lipinski definition) is 3. The molecule has 2 aliphatic heterocycles. The third kappa shape index (κ3) is 2.98. The number of rotatable bonds is 2. The summed E-state index contributed by atoms with van der Waals surface area (Å²) in [5.74, 6) is 0.219. The van der Waals surface area contributed by atoms with Gasteiger partial charge >= 0.3 is 0 Å². The predicted molar refractivity (Wildman–Crippen MR) is 101 cm³/mol. The van der Waals surface area contributed by atoms with Gasteiger partial charge in [0.1, 0.15) is 11.4 Å². The van der Waals surface area contributed by atoms with Gasteiger partial charge in [0, 0.05) is 25.3 Å². The molecule has 1 fully saturated rings. The molecule has 4 rings (SSSR count).